The summed E-state index contributed by atoms with van der Waals surface area (Å²) in [4.78, 5) is 3.98. The van der Waals surface area contributed by atoms with Crippen LogP contribution < -0.4 is 4.72 Å². The highest BCUT2D eigenvalue weighted by Crippen LogP contribution is 2.21. The van der Waals surface area contributed by atoms with Crippen LogP contribution in [0.1, 0.15) is 25.7 Å². The number of aliphatic hydroxyl groups is 1. The Labute approximate surface area is 115 Å². The maximum atomic E-state index is 12.1. The van der Waals surface area contributed by atoms with Gasteiger partial charge in [0, 0.05) is 22.9 Å². The third-order valence-corrected chi connectivity index (χ3v) is 4.88. The molecule has 1 aliphatic carbocycles. The minimum atomic E-state index is -3.56. The van der Waals surface area contributed by atoms with Crippen molar-refractivity contribution in [2.24, 2.45) is 0 Å². The van der Waals surface area contributed by atoms with Crippen molar-refractivity contribution >= 4 is 26.0 Å². The fourth-order valence-electron chi connectivity index (χ4n) is 2.10. The first kappa shape index (κ1) is 13.9. The summed E-state index contributed by atoms with van der Waals surface area (Å²) in [6.07, 6.45) is 5.25. The predicted octanol–water partition coefficient (Wildman–Crippen LogP) is 1.43. The second-order valence-electron chi connectivity index (χ2n) is 4.48. The maximum Gasteiger partial charge on any atom is 0.242 e. The van der Waals surface area contributed by atoms with Gasteiger partial charge in [0.2, 0.25) is 10.0 Å². The van der Waals surface area contributed by atoms with Crippen LogP contribution >= 0.6 is 15.9 Å². The number of aliphatic hydroxyl groups excluding tert-OH is 1. The number of halogens is 1. The van der Waals surface area contributed by atoms with E-state index >= 15 is 0 Å². The molecule has 100 valence electrons. The Morgan fingerprint density at radius 2 is 2.17 bits per heavy atom. The van der Waals surface area contributed by atoms with Crippen LogP contribution in [0, 0.1) is 0 Å². The van der Waals surface area contributed by atoms with Crippen molar-refractivity contribution in [2.45, 2.75) is 42.7 Å². The van der Waals surface area contributed by atoms with Crippen LogP contribution in [-0.2, 0) is 10.0 Å². The minimum Gasteiger partial charge on any atom is -0.393 e. The van der Waals surface area contributed by atoms with E-state index in [9.17, 15) is 13.5 Å². The average Bonchev–Trinajstić information content (AvgIpc) is 2.28. The van der Waals surface area contributed by atoms with Gasteiger partial charge in [0.05, 0.1) is 6.10 Å². The average molecular weight is 335 g/mol. The fourth-order valence-corrected chi connectivity index (χ4v) is 3.88. The molecule has 0 aromatic carbocycles. The molecule has 5 nitrogen and oxygen atoms in total. The lowest BCUT2D eigenvalue weighted by Crippen LogP contribution is -2.39. The third kappa shape index (κ3) is 3.50. The minimum absolute atomic E-state index is 0.136. The highest BCUT2D eigenvalue weighted by Gasteiger charge is 2.25. The van der Waals surface area contributed by atoms with Crippen molar-refractivity contribution in [3.05, 3.63) is 22.9 Å². The monoisotopic (exact) mass is 334 g/mol. The number of aromatic nitrogens is 1. The first-order chi connectivity index (χ1) is 8.47. The van der Waals surface area contributed by atoms with E-state index in [1.54, 1.807) is 0 Å². The van der Waals surface area contributed by atoms with Gasteiger partial charge >= 0.3 is 0 Å². The van der Waals surface area contributed by atoms with E-state index in [1.165, 1.54) is 18.5 Å². The Bertz CT molecular complexity index is 521. The van der Waals surface area contributed by atoms with Gasteiger partial charge in [0.15, 0.2) is 0 Å². The number of nitrogens with zero attached hydrogens (tertiary/aromatic N) is 1. The molecular formula is C11H15BrN2O3S. The summed E-state index contributed by atoms with van der Waals surface area (Å²) in [5, 5.41) is 9.54. The molecule has 0 amide bonds. The molecule has 0 saturated heterocycles. The number of nitrogens with one attached hydrogen (secondary N) is 1. The highest BCUT2D eigenvalue weighted by molar-refractivity contribution is 9.10. The van der Waals surface area contributed by atoms with Gasteiger partial charge in [-0.25, -0.2) is 13.1 Å². The predicted molar refractivity (Wildman–Crippen MR) is 70.5 cm³/mol. The maximum absolute atomic E-state index is 12.1. The molecule has 1 fully saturated rings. The summed E-state index contributed by atoms with van der Waals surface area (Å²) in [6, 6.07) is 1.31. The summed E-state index contributed by atoms with van der Waals surface area (Å²) in [6.45, 7) is 0. The topological polar surface area (TPSA) is 79.3 Å². The standard InChI is InChI=1S/C11H15BrN2O3S/c12-8-4-11(7-13-6-8)18(16,17)14-9-2-1-3-10(15)5-9/h4,6-7,9-10,14-15H,1-3,5H2/t9-,10-/m1/s1. The van der Waals surface area contributed by atoms with E-state index in [0.717, 1.165) is 19.3 Å². The molecule has 2 N–H and O–H groups in total. The normalized spacial score (nSPS) is 25.0. The van der Waals surface area contributed by atoms with Gasteiger partial charge in [-0.15, -0.1) is 0 Å². The van der Waals surface area contributed by atoms with Gasteiger partial charge in [-0.3, -0.25) is 4.98 Å². The molecule has 1 aromatic rings. The van der Waals surface area contributed by atoms with Gasteiger partial charge in [0.25, 0.3) is 0 Å². The Balaban J connectivity index is 2.12. The molecule has 1 aliphatic rings. The van der Waals surface area contributed by atoms with E-state index in [1.807, 2.05) is 0 Å². The fraction of sp³-hybridized carbons (Fsp3) is 0.545. The van der Waals surface area contributed by atoms with E-state index < -0.39 is 16.1 Å². The number of hydrogen-bond donors (Lipinski definition) is 2. The smallest absolute Gasteiger partial charge is 0.242 e. The van der Waals surface area contributed by atoms with Gasteiger partial charge in [-0.05, 0) is 47.7 Å². The molecule has 0 radical (unpaired) electrons. The highest BCUT2D eigenvalue weighted by atomic mass is 79.9. The number of pyridine rings is 1. The van der Waals surface area contributed by atoms with Crippen LogP contribution in [0.3, 0.4) is 0 Å². The summed E-state index contributed by atoms with van der Waals surface area (Å²) < 4.78 is 27.5. The van der Waals surface area contributed by atoms with E-state index in [-0.39, 0.29) is 10.9 Å². The lowest BCUT2D eigenvalue weighted by atomic mass is 9.94. The number of rotatable bonds is 3. The molecule has 2 atom stereocenters. The number of sulfonamides is 1. The molecule has 1 heterocycles. The molecule has 0 aliphatic heterocycles. The van der Waals surface area contributed by atoms with E-state index in [4.69, 9.17) is 0 Å². The molecule has 0 bridgehead atoms. The Hall–Kier alpha value is -0.500. The van der Waals surface area contributed by atoms with Crippen LogP contribution in [0.2, 0.25) is 0 Å². The van der Waals surface area contributed by atoms with Crippen molar-refractivity contribution in [1.82, 2.24) is 9.71 Å². The van der Waals surface area contributed by atoms with Crippen molar-refractivity contribution in [3.8, 4) is 0 Å². The summed E-state index contributed by atoms with van der Waals surface area (Å²) in [5.74, 6) is 0. The summed E-state index contributed by atoms with van der Waals surface area (Å²) >= 11 is 3.19. The van der Waals surface area contributed by atoms with E-state index in [2.05, 4.69) is 25.6 Å². The van der Waals surface area contributed by atoms with E-state index in [0.29, 0.717) is 10.9 Å². The molecule has 7 heteroatoms. The van der Waals surface area contributed by atoms with Gasteiger partial charge in [-0.1, -0.05) is 0 Å². The lowest BCUT2D eigenvalue weighted by Gasteiger charge is -2.26. The van der Waals surface area contributed by atoms with Gasteiger partial charge < -0.3 is 5.11 Å². The Morgan fingerprint density at radius 3 is 2.83 bits per heavy atom. The summed E-state index contributed by atoms with van der Waals surface area (Å²) in [5.41, 5.74) is 0. The molecular weight excluding hydrogens is 320 g/mol. The van der Waals surface area contributed by atoms with Crippen LogP contribution in [0.15, 0.2) is 27.8 Å². The van der Waals surface area contributed by atoms with Gasteiger partial charge in [-0.2, -0.15) is 0 Å². The van der Waals surface area contributed by atoms with Crippen LogP contribution in [-0.4, -0.2) is 30.7 Å². The summed E-state index contributed by atoms with van der Waals surface area (Å²) in [7, 11) is -3.56. The van der Waals surface area contributed by atoms with Crippen molar-refractivity contribution in [3.63, 3.8) is 0 Å². The zero-order chi connectivity index (χ0) is 13.2. The zero-order valence-corrected chi connectivity index (χ0v) is 12.1. The molecule has 0 spiro atoms. The first-order valence-corrected chi connectivity index (χ1v) is 8.06. The van der Waals surface area contributed by atoms with Crippen molar-refractivity contribution in [1.29, 1.82) is 0 Å². The van der Waals surface area contributed by atoms with Gasteiger partial charge in [0.1, 0.15) is 4.90 Å². The van der Waals surface area contributed by atoms with Crippen molar-refractivity contribution in [2.75, 3.05) is 0 Å². The molecule has 18 heavy (non-hydrogen) atoms. The SMILES string of the molecule is O=S(=O)(N[C@@H]1CCC[C@@H](O)C1)c1cncc(Br)c1. The Morgan fingerprint density at radius 1 is 1.39 bits per heavy atom. The van der Waals surface area contributed by atoms with Crippen LogP contribution in [0.25, 0.3) is 0 Å². The zero-order valence-electron chi connectivity index (χ0n) is 9.71. The second-order valence-corrected chi connectivity index (χ2v) is 7.11. The molecule has 1 saturated carbocycles. The first-order valence-electron chi connectivity index (χ1n) is 5.78. The Kier molecular flexibility index (Phi) is 4.37. The molecule has 1 aromatic heterocycles. The molecule has 2 rings (SSSR count). The largest absolute Gasteiger partial charge is 0.393 e. The quantitative estimate of drug-likeness (QED) is 0.876. The molecule has 0 unspecified atom stereocenters. The van der Waals surface area contributed by atoms with Crippen molar-refractivity contribution < 1.29 is 13.5 Å². The third-order valence-electron chi connectivity index (χ3n) is 2.96. The van der Waals surface area contributed by atoms with Crippen LogP contribution in [0.5, 0.6) is 0 Å². The second kappa shape index (κ2) is 5.64. The number of hydrogen-bond acceptors (Lipinski definition) is 4. The van der Waals surface area contributed by atoms with Crippen LogP contribution in [0.4, 0.5) is 0 Å². The lowest BCUT2D eigenvalue weighted by molar-refractivity contribution is 0.117.